The third-order valence-corrected chi connectivity index (χ3v) is 4.05. The molecule has 0 radical (unpaired) electrons. The van der Waals surface area contributed by atoms with E-state index < -0.39 is 0 Å². The van der Waals surface area contributed by atoms with Crippen molar-refractivity contribution in [3.8, 4) is 0 Å². The van der Waals surface area contributed by atoms with Gasteiger partial charge < -0.3 is 4.42 Å². The molecule has 25 heavy (non-hydrogen) atoms. The van der Waals surface area contributed by atoms with Crippen LogP contribution in [0.2, 0.25) is 0 Å². The Hall–Kier alpha value is -2.75. The highest BCUT2D eigenvalue weighted by molar-refractivity contribution is 5.68. The lowest BCUT2D eigenvalue weighted by molar-refractivity contribution is 0.491. The highest BCUT2D eigenvalue weighted by atomic mass is 19.1. The van der Waals surface area contributed by atoms with Crippen molar-refractivity contribution in [1.82, 2.24) is 10.2 Å². The predicted octanol–water partition coefficient (Wildman–Crippen LogP) is 5.40. The molecule has 1 heterocycles. The Morgan fingerprint density at radius 2 is 1.88 bits per heavy atom. The van der Waals surface area contributed by atoms with Crippen LogP contribution in [0.3, 0.4) is 0 Å². The highest BCUT2D eigenvalue weighted by Crippen LogP contribution is 2.21. The van der Waals surface area contributed by atoms with E-state index in [4.69, 9.17) is 4.42 Å². The van der Waals surface area contributed by atoms with E-state index in [1.165, 1.54) is 11.6 Å². The standard InChI is InChI=1S/C21H21FN2O/c1-14(2)18-7-5-4-6-16(18)9-11-20-23-24-21(25-20)13-17-12-15(3)8-10-19(17)22/h4-12,14H,13H2,1-3H3/b11-9+. The average Bonchev–Trinajstić information content (AvgIpc) is 3.04. The van der Waals surface area contributed by atoms with Crippen LogP contribution < -0.4 is 0 Å². The van der Waals surface area contributed by atoms with Crippen molar-refractivity contribution in [3.63, 3.8) is 0 Å². The van der Waals surface area contributed by atoms with Crippen molar-refractivity contribution in [2.75, 3.05) is 0 Å². The lowest BCUT2D eigenvalue weighted by atomic mass is 9.97. The summed E-state index contributed by atoms with van der Waals surface area (Å²) < 4.78 is 19.5. The van der Waals surface area contributed by atoms with E-state index in [9.17, 15) is 4.39 Å². The fourth-order valence-electron chi connectivity index (χ4n) is 2.76. The van der Waals surface area contributed by atoms with Crippen molar-refractivity contribution in [2.45, 2.75) is 33.1 Å². The Morgan fingerprint density at radius 1 is 1.08 bits per heavy atom. The molecule has 3 aromatic rings. The molecule has 0 unspecified atom stereocenters. The zero-order valence-corrected chi connectivity index (χ0v) is 14.7. The monoisotopic (exact) mass is 336 g/mol. The molecule has 0 amide bonds. The lowest BCUT2D eigenvalue weighted by Gasteiger charge is -2.08. The second-order valence-corrected chi connectivity index (χ2v) is 6.42. The van der Waals surface area contributed by atoms with Crippen LogP contribution in [-0.4, -0.2) is 10.2 Å². The van der Waals surface area contributed by atoms with E-state index in [0.717, 1.165) is 11.1 Å². The molecule has 2 aromatic carbocycles. The first kappa shape index (κ1) is 17.1. The van der Waals surface area contributed by atoms with Crippen LogP contribution in [0.5, 0.6) is 0 Å². The summed E-state index contributed by atoms with van der Waals surface area (Å²) in [5, 5.41) is 8.05. The van der Waals surface area contributed by atoms with Crippen molar-refractivity contribution >= 4 is 12.2 Å². The SMILES string of the molecule is Cc1ccc(F)c(Cc2nnc(/C=C/c3ccccc3C(C)C)o2)c1. The molecule has 0 N–H and O–H groups in total. The molecule has 1 aromatic heterocycles. The minimum atomic E-state index is -0.258. The summed E-state index contributed by atoms with van der Waals surface area (Å²) in [7, 11) is 0. The Kier molecular flexibility index (Phi) is 5.08. The maximum atomic E-state index is 13.8. The fourth-order valence-corrected chi connectivity index (χ4v) is 2.76. The third-order valence-electron chi connectivity index (χ3n) is 4.05. The summed E-state index contributed by atoms with van der Waals surface area (Å²) >= 11 is 0. The topological polar surface area (TPSA) is 38.9 Å². The molecule has 0 aliphatic rings. The Labute approximate surface area is 147 Å². The normalized spacial score (nSPS) is 11.6. The lowest BCUT2D eigenvalue weighted by Crippen LogP contribution is -1.93. The Morgan fingerprint density at radius 3 is 2.68 bits per heavy atom. The summed E-state index contributed by atoms with van der Waals surface area (Å²) in [6, 6.07) is 13.2. The minimum absolute atomic E-state index is 0.258. The molecule has 0 aliphatic carbocycles. The number of aromatic nitrogens is 2. The first-order valence-corrected chi connectivity index (χ1v) is 8.37. The third kappa shape index (κ3) is 4.21. The molecule has 0 aliphatic heterocycles. The molecule has 128 valence electrons. The van der Waals surface area contributed by atoms with Gasteiger partial charge in [0.15, 0.2) is 0 Å². The second kappa shape index (κ2) is 7.43. The number of hydrogen-bond acceptors (Lipinski definition) is 3. The Bertz CT molecular complexity index is 896. The van der Waals surface area contributed by atoms with Crippen LogP contribution in [0, 0.1) is 12.7 Å². The van der Waals surface area contributed by atoms with Crippen LogP contribution in [0.1, 0.15) is 53.8 Å². The minimum Gasteiger partial charge on any atom is -0.421 e. The largest absolute Gasteiger partial charge is 0.421 e. The average molecular weight is 336 g/mol. The van der Waals surface area contributed by atoms with E-state index >= 15 is 0 Å². The van der Waals surface area contributed by atoms with E-state index in [2.05, 4.69) is 36.2 Å². The highest BCUT2D eigenvalue weighted by Gasteiger charge is 2.09. The smallest absolute Gasteiger partial charge is 0.240 e. The zero-order chi connectivity index (χ0) is 17.8. The van der Waals surface area contributed by atoms with Gasteiger partial charge in [-0.2, -0.15) is 0 Å². The van der Waals surface area contributed by atoms with Gasteiger partial charge in [-0.05, 0) is 41.7 Å². The summed E-state index contributed by atoms with van der Waals surface area (Å²) in [4.78, 5) is 0. The van der Waals surface area contributed by atoms with E-state index in [-0.39, 0.29) is 12.2 Å². The van der Waals surface area contributed by atoms with Crippen molar-refractivity contribution in [2.24, 2.45) is 0 Å². The molecule has 0 saturated carbocycles. The van der Waals surface area contributed by atoms with Crippen LogP contribution in [0.4, 0.5) is 4.39 Å². The van der Waals surface area contributed by atoms with Gasteiger partial charge in [0.2, 0.25) is 11.8 Å². The van der Waals surface area contributed by atoms with Crippen LogP contribution in [-0.2, 0) is 6.42 Å². The number of rotatable bonds is 5. The molecule has 0 spiro atoms. The first-order chi connectivity index (χ1) is 12.0. The van der Waals surface area contributed by atoms with Gasteiger partial charge in [-0.15, -0.1) is 10.2 Å². The van der Waals surface area contributed by atoms with Gasteiger partial charge in [-0.25, -0.2) is 4.39 Å². The molecule has 0 saturated heterocycles. The van der Waals surface area contributed by atoms with Crippen molar-refractivity contribution in [1.29, 1.82) is 0 Å². The van der Waals surface area contributed by atoms with Crippen molar-refractivity contribution < 1.29 is 8.81 Å². The van der Waals surface area contributed by atoms with E-state index in [1.54, 1.807) is 18.2 Å². The van der Waals surface area contributed by atoms with E-state index in [0.29, 0.717) is 23.3 Å². The number of hydrogen-bond donors (Lipinski definition) is 0. The zero-order valence-electron chi connectivity index (χ0n) is 14.7. The van der Waals surface area contributed by atoms with Gasteiger partial charge in [-0.3, -0.25) is 0 Å². The number of benzene rings is 2. The molecular formula is C21H21FN2O. The second-order valence-electron chi connectivity index (χ2n) is 6.42. The van der Waals surface area contributed by atoms with Gasteiger partial charge >= 0.3 is 0 Å². The quantitative estimate of drug-likeness (QED) is 0.626. The fraction of sp³-hybridized carbons (Fsp3) is 0.238. The number of halogens is 1. The number of aryl methyl sites for hydroxylation is 1. The van der Waals surface area contributed by atoms with Crippen LogP contribution in [0.25, 0.3) is 12.2 Å². The first-order valence-electron chi connectivity index (χ1n) is 8.37. The molecule has 0 bridgehead atoms. The van der Waals surface area contributed by atoms with Crippen LogP contribution in [0.15, 0.2) is 46.9 Å². The predicted molar refractivity (Wildman–Crippen MR) is 97.7 cm³/mol. The molecule has 4 heteroatoms. The van der Waals surface area contributed by atoms with Crippen LogP contribution >= 0.6 is 0 Å². The van der Waals surface area contributed by atoms with Gasteiger partial charge in [0.1, 0.15) is 5.82 Å². The van der Waals surface area contributed by atoms with Gasteiger partial charge in [0.25, 0.3) is 0 Å². The van der Waals surface area contributed by atoms with Crippen molar-refractivity contribution in [3.05, 3.63) is 82.3 Å². The summed E-state index contributed by atoms with van der Waals surface area (Å²) in [6.45, 7) is 6.25. The van der Waals surface area contributed by atoms with Gasteiger partial charge in [-0.1, -0.05) is 55.8 Å². The van der Waals surface area contributed by atoms with E-state index in [1.807, 2.05) is 25.1 Å². The molecule has 3 rings (SSSR count). The molecule has 3 nitrogen and oxygen atoms in total. The molecular weight excluding hydrogens is 315 g/mol. The van der Waals surface area contributed by atoms with Gasteiger partial charge in [0, 0.05) is 6.08 Å². The maximum Gasteiger partial charge on any atom is 0.240 e. The van der Waals surface area contributed by atoms with Gasteiger partial charge in [0.05, 0.1) is 6.42 Å². The maximum absolute atomic E-state index is 13.8. The summed E-state index contributed by atoms with van der Waals surface area (Å²) in [6.07, 6.45) is 4.06. The molecule has 0 atom stereocenters. The summed E-state index contributed by atoms with van der Waals surface area (Å²) in [5.74, 6) is 0.998. The Balaban J connectivity index is 1.77. The molecule has 0 fully saturated rings. The summed E-state index contributed by atoms with van der Waals surface area (Å²) in [5.41, 5.74) is 3.95. The number of nitrogens with zero attached hydrogens (tertiary/aromatic N) is 2.